The first-order chi connectivity index (χ1) is 10.9. The monoisotopic (exact) mass is 389 g/mol. The molecule has 0 saturated carbocycles. The molecule has 0 unspecified atom stereocenters. The van der Waals surface area contributed by atoms with Gasteiger partial charge in [0.2, 0.25) is 0 Å². The molecule has 0 radical (unpaired) electrons. The van der Waals surface area contributed by atoms with Crippen molar-refractivity contribution in [1.82, 2.24) is 5.32 Å². The Balaban J connectivity index is 2.18. The maximum Gasteiger partial charge on any atom is 0.332 e. The molecule has 0 saturated heterocycles. The van der Waals surface area contributed by atoms with Gasteiger partial charge in [-0.25, -0.2) is 0 Å². The standard InChI is InChI=1S/C15H11Cl3N2O2S/c16-11-8-13(18)14(9-12(11)17)23(21,22)20-7-6-19-15(20)10-4-2-1-3-5-10/h1-5,8-9H,6-7H2/p+1. The fourth-order valence-corrected chi connectivity index (χ4v) is 4.83. The maximum absolute atomic E-state index is 13.0. The molecule has 120 valence electrons. The second-order valence-corrected chi connectivity index (χ2v) is 7.97. The summed E-state index contributed by atoms with van der Waals surface area (Å²) in [5, 5.41) is 3.50. The first-order valence-corrected chi connectivity index (χ1v) is 9.32. The van der Waals surface area contributed by atoms with Gasteiger partial charge in [0.15, 0.2) is 0 Å². The van der Waals surface area contributed by atoms with E-state index in [2.05, 4.69) is 5.32 Å². The molecule has 0 aromatic heterocycles. The zero-order chi connectivity index (χ0) is 16.6. The van der Waals surface area contributed by atoms with E-state index in [0.29, 0.717) is 18.9 Å². The lowest BCUT2D eigenvalue weighted by Gasteiger charge is -2.09. The van der Waals surface area contributed by atoms with Gasteiger partial charge in [0.05, 0.1) is 20.6 Å². The highest BCUT2D eigenvalue weighted by Gasteiger charge is 2.35. The van der Waals surface area contributed by atoms with Crippen molar-refractivity contribution in [3.8, 4) is 0 Å². The highest BCUT2D eigenvalue weighted by molar-refractivity contribution is 7.85. The number of rotatable bonds is 3. The molecule has 3 rings (SSSR count). The number of amidine groups is 1. The lowest BCUT2D eigenvalue weighted by Crippen LogP contribution is -2.28. The van der Waals surface area contributed by atoms with Gasteiger partial charge in [-0.3, -0.25) is 5.32 Å². The maximum atomic E-state index is 13.0. The number of hydrogen-bond donors (Lipinski definition) is 1. The number of sulfonamides is 1. The summed E-state index contributed by atoms with van der Waals surface area (Å²) >= 11 is 17.9. The average molecular weight is 391 g/mol. The minimum Gasteiger partial charge on any atom is -0.269 e. The molecule has 8 heteroatoms. The fourth-order valence-electron chi connectivity index (χ4n) is 2.38. The second-order valence-electron chi connectivity index (χ2n) is 4.92. The van der Waals surface area contributed by atoms with Gasteiger partial charge < -0.3 is 0 Å². The highest BCUT2D eigenvalue weighted by atomic mass is 35.5. The Morgan fingerprint density at radius 2 is 1.61 bits per heavy atom. The molecule has 0 fully saturated rings. The van der Waals surface area contributed by atoms with Crippen molar-refractivity contribution in [2.24, 2.45) is 0 Å². The first kappa shape index (κ1) is 16.6. The van der Waals surface area contributed by atoms with Gasteiger partial charge in [-0.2, -0.15) is 8.42 Å². The third-order valence-electron chi connectivity index (χ3n) is 3.45. The quantitative estimate of drug-likeness (QED) is 0.645. The molecule has 4 nitrogen and oxygen atoms in total. The largest absolute Gasteiger partial charge is 0.332 e. The van der Waals surface area contributed by atoms with Crippen LogP contribution in [-0.4, -0.2) is 31.3 Å². The van der Waals surface area contributed by atoms with Crippen molar-refractivity contribution in [2.45, 2.75) is 4.90 Å². The van der Waals surface area contributed by atoms with Gasteiger partial charge >= 0.3 is 10.0 Å². The van der Waals surface area contributed by atoms with Crippen molar-refractivity contribution >= 4 is 50.7 Å². The third-order valence-corrected chi connectivity index (χ3v) is 6.43. The van der Waals surface area contributed by atoms with Gasteiger partial charge in [0.1, 0.15) is 18.0 Å². The van der Waals surface area contributed by atoms with E-state index in [4.69, 9.17) is 34.8 Å². The van der Waals surface area contributed by atoms with Crippen LogP contribution in [-0.2, 0) is 10.0 Å². The Hall–Kier alpha value is -1.27. The van der Waals surface area contributed by atoms with Crippen molar-refractivity contribution in [2.75, 3.05) is 13.1 Å². The van der Waals surface area contributed by atoms with Crippen LogP contribution >= 0.6 is 34.8 Å². The Labute approximate surface area is 149 Å². The van der Waals surface area contributed by atoms with E-state index in [9.17, 15) is 8.42 Å². The van der Waals surface area contributed by atoms with Crippen LogP contribution in [0.4, 0.5) is 0 Å². The first-order valence-electron chi connectivity index (χ1n) is 6.75. The highest BCUT2D eigenvalue weighted by Crippen LogP contribution is 2.32. The normalized spacial score (nSPS) is 14.9. The number of nitrogens with zero attached hydrogens (tertiary/aromatic N) is 1. The average Bonchev–Trinajstić information content (AvgIpc) is 3.02. The van der Waals surface area contributed by atoms with Gasteiger partial charge in [-0.05, 0) is 24.3 Å². The van der Waals surface area contributed by atoms with Crippen LogP contribution in [0.2, 0.25) is 15.1 Å². The molecular formula is C15H12Cl3N2O2S+. The molecule has 0 atom stereocenters. The van der Waals surface area contributed by atoms with E-state index >= 15 is 0 Å². The lowest BCUT2D eigenvalue weighted by molar-refractivity contribution is -0.352. The van der Waals surface area contributed by atoms with E-state index < -0.39 is 10.0 Å². The Bertz CT molecular complexity index is 896. The zero-order valence-electron chi connectivity index (χ0n) is 11.8. The number of halogens is 3. The molecule has 0 amide bonds. The molecule has 2 aromatic carbocycles. The molecule has 0 spiro atoms. The second kappa shape index (κ2) is 6.32. The SMILES string of the molecule is O=S(=O)(c1cc(Cl)c(Cl)cc1Cl)[N+]1=C(c2ccccc2)NCC1. The van der Waals surface area contributed by atoms with Crippen LogP contribution < -0.4 is 5.32 Å². The van der Waals surface area contributed by atoms with Crippen LogP contribution in [0.3, 0.4) is 0 Å². The fraction of sp³-hybridized carbons (Fsp3) is 0.133. The number of benzene rings is 2. The predicted octanol–water partition coefficient (Wildman–Crippen LogP) is 3.40. The van der Waals surface area contributed by atoms with Crippen molar-refractivity contribution < 1.29 is 12.4 Å². The molecule has 2 aromatic rings. The molecule has 1 aliphatic rings. The van der Waals surface area contributed by atoms with E-state index in [1.807, 2.05) is 30.3 Å². The Kier molecular flexibility index (Phi) is 4.56. The zero-order valence-corrected chi connectivity index (χ0v) is 14.8. The molecular weight excluding hydrogens is 379 g/mol. The van der Waals surface area contributed by atoms with Crippen LogP contribution in [0.5, 0.6) is 0 Å². The van der Waals surface area contributed by atoms with E-state index in [1.165, 1.54) is 16.1 Å². The van der Waals surface area contributed by atoms with Crippen LogP contribution in [0.15, 0.2) is 47.4 Å². The summed E-state index contributed by atoms with van der Waals surface area (Å²) in [4.78, 5) is -0.0642. The summed E-state index contributed by atoms with van der Waals surface area (Å²) in [7, 11) is -3.85. The van der Waals surface area contributed by atoms with Crippen LogP contribution in [0.25, 0.3) is 0 Å². The van der Waals surface area contributed by atoms with Crippen molar-refractivity contribution in [1.29, 1.82) is 0 Å². The minimum atomic E-state index is -3.85. The topological polar surface area (TPSA) is 49.2 Å². The molecule has 1 heterocycles. The Morgan fingerprint density at radius 3 is 2.30 bits per heavy atom. The lowest BCUT2D eigenvalue weighted by atomic mass is 10.2. The summed E-state index contributed by atoms with van der Waals surface area (Å²) in [6, 6.07) is 11.9. The predicted molar refractivity (Wildman–Crippen MR) is 92.3 cm³/mol. The van der Waals surface area contributed by atoms with Crippen molar-refractivity contribution in [3.05, 3.63) is 63.1 Å². The summed E-state index contributed by atoms with van der Waals surface area (Å²) < 4.78 is 27.3. The molecule has 0 bridgehead atoms. The van der Waals surface area contributed by atoms with Gasteiger partial charge in [-0.1, -0.05) is 53.0 Å². The summed E-state index contributed by atoms with van der Waals surface area (Å²) in [6.07, 6.45) is 0. The summed E-state index contributed by atoms with van der Waals surface area (Å²) in [6.45, 7) is 0.825. The van der Waals surface area contributed by atoms with Gasteiger partial charge in [-0.15, -0.1) is 3.98 Å². The third kappa shape index (κ3) is 3.06. The van der Waals surface area contributed by atoms with Gasteiger partial charge in [0.25, 0.3) is 5.84 Å². The molecule has 23 heavy (non-hydrogen) atoms. The van der Waals surface area contributed by atoms with Gasteiger partial charge in [0, 0.05) is 0 Å². The number of nitrogens with one attached hydrogen (secondary N) is 1. The van der Waals surface area contributed by atoms with E-state index in [-0.39, 0.29) is 20.0 Å². The smallest absolute Gasteiger partial charge is 0.269 e. The number of hydrogen-bond acceptors (Lipinski definition) is 3. The molecule has 1 N–H and O–H groups in total. The van der Waals surface area contributed by atoms with Crippen molar-refractivity contribution in [3.63, 3.8) is 0 Å². The van der Waals surface area contributed by atoms with Crippen LogP contribution in [0, 0.1) is 0 Å². The van der Waals surface area contributed by atoms with E-state index in [0.717, 1.165) is 5.56 Å². The minimum absolute atomic E-state index is 0.0405. The summed E-state index contributed by atoms with van der Waals surface area (Å²) in [5.74, 6) is 0.521. The summed E-state index contributed by atoms with van der Waals surface area (Å²) in [5.41, 5.74) is 0.782. The Morgan fingerprint density at radius 1 is 0.957 bits per heavy atom. The van der Waals surface area contributed by atoms with Crippen LogP contribution in [0.1, 0.15) is 5.56 Å². The van der Waals surface area contributed by atoms with E-state index in [1.54, 1.807) is 0 Å². The molecule has 1 aliphatic heterocycles. The molecule has 0 aliphatic carbocycles.